The van der Waals surface area contributed by atoms with Gasteiger partial charge >= 0.3 is 0 Å². The fourth-order valence-electron chi connectivity index (χ4n) is 3.10. The van der Waals surface area contributed by atoms with Crippen LogP contribution in [0.5, 0.6) is 0 Å². The number of fused-ring (bicyclic) bond motifs is 1. The Morgan fingerprint density at radius 3 is 2.96 bits per heavy atom. The lowest BCUT2D eigenvalue weighted by Crippen LogP contribution is -2.37. The van der Waals surface area contributed by atoms with Crippen LogP contribution in [0.1, 0.15) is 27.9 Å². The van der Waals surface area contributed by atoms with E-state index in [-0.39, 0.29) is 18.6 Å². The summed E-state index contributed by atoms with van der Waals surface area (Å²) in [6.45, 7) is 1.71. The Balaban J connectivity index is 1.70. The van der Waals surface area contributed by atoms with Gasteiger partial charge < -0.3 is 10.0 Å². The van der Waals surface area contributed by atoms with Gasteiger partial charge in [0.1, 0.15) is 5.01 Å². The van der Waals surface area contributed by atoms with E-state index in [1.54, 1.807) is 19.0 Å². The minimum Gasteiger partial charge on any atom is -0.394 e. The van der Waals surface area contributed by atoms with E-state index >= 15 is 0 Å². The van der Waals surface area contributed by atoms with Gasteiger partial charge in [-0.25, -0.2) is 4.98 Å². The molecule has 0 radical (unpaired) electrons. The summed E-state index contributed by atoms with van der Waals surface area (Å²) in [4.78, 5) is 20.3. The second kappa shape index (κ2) is 7.42. The van der Waals surface area contributed by atoms with Gasteiger partial charge in [0.2, 0.25) is 5.91 Å². The van der Waals surface area contributed by atoms with Crippen molar-refractivity contribution in [2.24, 2.45) is 0 Å². The third-order valence-corrected chi connectivity index (χ3v) is 5.36. The van der Waals surface area contributed by atoms with Crippen LogP contribution in [0.4, 0.5) is 0 Å². The number of hydrogen-bond acceptors (Lipinski definition) is 5. The van der Waals surface area contributed by atoms with Gasteiger partial charge in [-0.05, 0) is 17.5 Å². The van der Waals surface area contributed by atoms with E-state index < -0.39 is 0 Å². The maximum atomic E-state index is 11.8. The maximum absolute atomic E-state index is 11.8. The third-order valence-electron chi connectivity index (χ3n) is 4.46. The number of aliphatic hydroxyl groups excluding tert-OH is 1. The summed E-state index contributed by atoms with van der Waals surface area (Å²) < 4.78 is 0. The Morgan fingerprint density at radius 2 is 2.21 bits per heavy atom. The lowest BCUT2D eigenvalue weighted by atomic mass is 9.93. The largest absolute Gasteiger partial charge is 0.394 e. The Kier molecular flexibility index (Phi) is 5.28. The standard InChI is InChI=1S/C18H23N3O2S/c1-20(2)18(23)9-17-19-14(12-24-17)10-21-8-7-13-5-3-4-6-15(13)16(21)11-22/h3-6,12,16,22H,7-11H2,1-2H3. The molecule has 0 saturated carbocycles. The summed E-state index contributed by atoms with van der Waals surface area (Å²) >= 11 is 1.53. The van der Waals surface area contributed by atoms with Crippen molar-refractivity contribution in [2.75, 3.05) is 27.2 Å². The molecule has 1 aromatic carbocycles. The van der Waals surface area contributed by atoms with E-state index in [2.05, 4.69) is 28.1 Å². The smallest absolute Gasteiger partial charge is 0.228 e. The Hall–Kier alpha value is -1.76. The summed E-state index contributed by atoms with van der Waals surface area (Å²) in [6.07, 6.45) is 1.34. The van der Waals surface area contributed by atoms with Crippen LogP contribution in [0.2, 0.25) is 0 Å². The number of likely N-dealkylation sites (N-methyl/N-ethyl adjacent to an activating group) is 1. The monoisotopic (exact) mass is 345 g/mol. The zero-order valence-electron chi connectivity index (χ0n) is 14.1. The molecule has 3 rings (SSSR count). The lowest BCUT2D eigenvalue weighted by Gasteiger charge is -2.35. The molecule has 1 unspecified atom stereocenters. The number of hydrogen-bond donors (Lipinski definition) is 1. The number of benzene rings is 1. The number of carbonyl (C=O) groups excluding carboxylic acids is 1. The minimum atomic E-state index is 0.0171. The van der Waals surface area contributed by atoms with Crippen molar-refractivity contribution in [1.82, 2.24) is 14.8 Å². The van der Waals surface area contributed by atoms with E-state index in [1.165, 1.54) is 22.5 Å². The van der Waals surface area contributed by atoms with E-state index in [0.717, 1.165) is 23.7 Å². The molecule has 24 heavy (non-hydrogen) atoms. The molecule has 128 valence electrons. The summed E-state index contributed by atoms with van der Waals surface area (Å²) in [5.41, 5.74) is 3.51. The number of amides is 1. The topological polar surface area (TPSA) is 56.7 Å². The van der Waals surface area contributed by atoms with Gasteiger partial charge in [-0.2, -0.15) is 0 Å². The van der Waals surface area contributed by atoms with Crippen molar-refractivity contribution in [3.8, 4) is 0 Å². The first kappa shape index (κ1) is 17.1. The molecule has 0 saturated heterocycles. The van der Waals surface area contributed by atoms with Gasteiger partial charge in [0.05, 0.1) is 24.8 Å². The van der Waals surface area contributed by atoms with Gasteiger partial charge in [-0.1, -0.05) is 24.3 Å². The molecule has 1 atom stereocenters. The van der Waals surface area contributed by atoms with E-state index in [4.69, 9.17) is 0 Å². The summed E-state index contributed by atoms with van der Waals surface area (Å²) in [5, 5.41) is 12.7. The number of thiazole rings is 1. The molecule has 0 aliphatic carbocycles. The average Bonchev–Trinajstić information content (AvgIpc) is 3.01. The maximum Gasteiger partial charge on any atom is 0.228 e. The highest BCUT2D eigenvalue weighted by atomic mass is 32.1. The normalized spacial score (nSPS) is 17.5. The number of rotatable bonds is 5. The van der Waals surface area contributed by atoms with Crippen LogP contribution < -0.4 is 0 Å². The molecule has 1 aromatic heterocycles. The van der Waals surface area contributed by atoms with E-state index in [1.807, 2.05) is 11.4 Å². The molecule has 5 nitrogen and oxygen atoms in total. The van der Waals surface area contributed by atoms with Crippen LogP contribution in [-0.4, -0.2) is 53.0 Å². The van der Waals surface area contributed by atoms with Gasteiger partial charge in [0, 0.05) is 32.6 Å². The highest BCUT2D eigenvalue weighted by Crippen LogP contribution is 2.30. The highest BCUT2D eigenvalue weighted by molar-refractivity contribution is 7.09. The fraction of sp³-hybridized carbons (Fsp3) is 0.444. The van der Waals surface area contributed by atoms with Crippen LogP contribution >= 0.6 is 11.3 Å². The molecular formula is C18H23N3O2S. The van der Waals surface area contributed by atoms with Gasteiger partial charge in [0.25, 0.3) is 0 Å². The summed E-state index contributed by atoms with van der Waals surface area (Å²) in [7, 11) is 3.52. The minimum absolute atomic E-state index is 0.0171. The quantitative estimate of drug-likeness (QED) is 0.899. The average molecular weight is 345 g/mol. The molecule has 2 heterocycles. The van der Waals surface area contributed by atoms with Crippen LogP contribution in [0.15, 0.2) is 29.6 Å². The number of carbonyl (C=O) groups is 1. The second-order valence-electron chi connectivity index (χ2n) is 6.32. The molecule has 0 spiro atoms. The Labute approximate surface area is 146 Å². The van der Waals surface area contributed by atoms with Crippen LogP contribution in [0, 0.1) is 0 Å². The molecular weight excluding hydrogens is 322 g/mol. The van der Waals surface area contributed by atoms with Crippen molar-refractivity contribution in [3.05, 3.63) is 51.5 Å². The highest BCUT2D eigenvalue weighted by Gasteiger charge is 2.27. The summed E-state index contributed by atoms with van der Waals surface area (Å²) in [5.74, 6) is 0.0658. The van der Waals surface area contributed by atoms with Crippen molar-refractivity contribution in [1.29, 1.82) is 0 Å². The van der Waals surface area contributed by atoms with Gasteiger partial charge in [0.15, 0.2) is 0 Å². The number of nitrogens with zero attached hydrogens (tertiary/aromatic N) is 3. The van der Waals surface area contributed by atoms with Gasteiger partial charge in [-0.3, -0.25) is 9.69 Å². The summed E-state index contributed by atoms with van der Waals surface area (Å²) in [6, 6.07) is 8.34. The predicted octanol–water partition coefficient (Wildman–Crippen LogP) is 1.87. The van der Waals surface area contributed by atoms with Gasteiger partial charge in [-0.15, -0.1) is 11.3 Å². The van der Waals surface area contributed by atoms with Crippen LogP contribution in [0.3, 0.4) is 0 Å². The van der Waals surface area contributed by atoms with E-state index in [9.17, 15) is 9.90 Å². The fourth-order valence-corrected chi connectivity index (χ4v) is 3.88. The molecule has 0 bridgehead atoms. The molecule has 2 aromatic rings. The van der Waals surface area contributed by atoms with Crippen molar-refractivity contribution < 1.29 is 9.90 Å². The van der Waals surface area contributed by atoms with Crippen molar-refractivity contribution in [2.45, 2.75) is 25.4 Å². The molecule has 1 N–H and O–H groups in total. The molecule has 6 heteroatoms. The molecule has 1 aliphatic rings. The second-order valence-corrected chi connectivity index (χ2v) is 7.26. The molecule has 1 amide bonds. The van der Waals surface area contributed by atoms with Crippen molar-refractivity contribution >= 4 is 17.2 Å². The first-order chi connectivity index (χ1) is 11.6. The Morgan fingerprint density at radius 1 is 1.42 bits per heavy atom. The van der Waals surface area contributed by atoms with Crippen LogP contribution in [0.25, 0.3) is 0 Å². The zero-order valence-corrected chi connectivity index (χ0v) is 14.9. The molecule has 0 fully saturated rings. The van der Waals surface area contributed by atoms with Crippen molar-refractivity contribution in [3.63, 3.8) is 0 Å². The number of aromatic nitrogens is 1. The predicted molar refractivity (Wildman–Crippen MR) is 94.9 cm³/mol. The first-order valence-electron chi connectivity index (χ1n) is 8.14. The molecule has 1 aliphatic heterocycles. The SMILES string of the molecule is CN(C)C(=O)Cc1nc(CN2CCc3ccccc3C2CO)cs1. The third kappa shape index (κ3) is 3.66. The lowest BCUT2D eigenvalue weighted by molar-refractivity contribution is -0.127. The number of aliphatic hydroxyl groups is 1. The van der Waals surface area contributed by atoms with Crippen LogP contribution in [-0.2, 0) is 24.2 Å². The van der Waals surface area contributed by atoms with E-state index in [0.29, 0.717) is 13.0 Å². The zero-order chi connectivity index (χ0) is 17.1. The first-order valence-corrected chi connectivity index (χ1v) is 9.02. The Bertz CT molecular complexity index is 714.